The second-order valence-corrected chi connectivity index (χ2v) is 9.46. The van der Waals surface area contributed by atoms with E-state index in [1.807, 2.05) is 36.4 Å². The number of alkyl carbamates (subject to hydrolysis) is 1. The number of nitrogens with one attached hydrogen (secondary N) is 1. The molecule has 2 aromatic rings. The highest BCUT2D eigenvalue weighted by Gasteiger charge is 2.47. The number of carbonyl (C=O) groups excluding carboxylic acids is 2. The van der Waals surface area contributed by atoms with E-state index in [1.54, 1.807) is 25.9 Å². The van der Waals surface area contributed by atoms with Crippen LogP contribution in [0.3, 0.4) is 0 Å². The van der Waals surface area contributed by atoms with Gasteiger partial charge in [0, 0.05) is 19.0 Å². The summed E-state index contributed by atoms with van der Waals surface area (Å²) in [5.74, 6) is -1.54. The zero-order chi connectivity index (χ0) is 24.5. The summed E-state index contributed by atoms with van der Waals surface area (Å²) >= 11 is 0. The smallest absolute Gasteiger partial charge is 0.407 e. The summed E-state index contributed by atoms with van der Waals surface area (Å²) in [7, 11) is 3.58. The fourth-order valence-electron chi connectivity index (χ4n) is 5.06. The molecule has 2 atom stereocenters. The Balaban J connectivity index is 1.46. The molecule has 8 nitrogen and oxygen atoms in total. The van der Waals surface area contributed by atoms with Gasteiger partial charge in [0.2, 0.25) is 5.91 Å². The van der Waals surface area contributed by atoms with E-state index in [0.717, 1.165) is 22.3 Å². The van der Waals surface area contributed by atoms with E-state index in [-0.39, 0.29) is 19.1 Å². The van der Waals surface area contributed by atoms with Gasteiger partial charge in [-0.3, -0.25) is 4.79 Å². The topological polar surface area (TPSA) is 99.2 Å². The number of ether oxygens (including phenoxy) is 1. The van der Waals surface area contributed by atoms with Crippen LogP contribution in [0.2, 0.25) is 0 Å². The van der Waals surface area contributed by atoms with Gasteiger partial charge in [-0.2, -0.15) is 0 Å². The van der Waals surface area contributed by atoms with Gasteiger partial charge < -0.3 is 25.0 Å². The molecule has 2 N–H and O–H groups in total. The van der Waals surface area contributed by atoms with Crippen LogP contribution in [0.25, 0.3) is 11.1 Å². The van der Waals surface area contributed by atoms with E-state index in [9.17, 15) is 19.5 Å². The summed E-state index contributed by atoms with van der Waals surface area (Å²) in [4.78, 5) is 41.1. The maximum Gasteiger partial charge on any atom is 0.407 e. The molecule has 1 heterocycles. The summed E-state index contributed by atoms with van der Waals surface area (Å²) in [5.41, 5.74) is 3.20. The minimum atomic E-state index is -1.27. The second-order valence-electron chi connectivity index (χ2n) is 9.46. The van der Waals surface area contributed by atoms with E-state index >= 15 is 0 Å². The Kier molecular flexibility index (Phi) is 6.61. The first-order chi connectivity index (χ1) is 16.2. The number of carboxylic acids is 1. The molecule has 1 fully saturated rings. The van der Waals surface area contributed by atoms with Crippen molar-refractivity contribution in [1.29, 1.82) is 0 Å². The molecule has 0 radical (unpaired) electrons. The third-order valence-corrected chi connectivity index (χ3v) is 6.85. The number of fused-ring (bicyclic) bond motifs is 3. The van der Waals surface area contributed by atoms with Gasteiger partial charge in [-0.1, -0.05) is 48.5 Å². The Morgan fingerprint density at radius 2 is 1.71 bits per heavy atom. The lowest BCUT2D eigenvalue weighted by molar-refractivity contribution is -0.156. The highest BCUT2D eigenvalue weighted by molar-refractivity contribution is 5.92. The van der Waals surface area contributed by atoms with Crippen molar-refractivity contribution in [2.24, 2.45) is 0 Å². The van der Waals surface area contributed by atoms with E-state index in [4.69, 9.17) is 4.74 Å². The van der Waals surface area contributed by atoms with Crippen LogP contribution in [0, 0.1) is 0 Å². The van der Waals surface area contributed by atoms with E-state index < -0.39 is 29.6 Å². The number of likely N-dealkylation sites (N-methyl/N-ethyl adjacent to an activating group) is 1. The van der Waals surface area contributed by atoms with Crippen molar-refractivity contribution in [3.8, 4) is 11.1 Å². The van der Waals surface area contributed by atoms with Crippen LogP contribution in [0.5, 0.6) is 0 Å². The van der Waals surface area contributed by atoms with Crippen LogP contribution in [0.1, 0.15) is 36.8 Å². The molecule has 4 rings (SSSR count). The van der Waals surface area contributed by atoms with Crippen LogP contribution in [-0.2, 0) is 14.3 Å². The molecule has 34 heavy (non-hydrogen) atoms. The van der Waals surface area contributed by atoms with Gasteiger partial charge in [0.25, 0.3) is 0 Å². The normalized spacial score (nSPS) is 20.1. The van der Waals surface area contributed by atoms with Crippen molar-refractivity contribution in [3.63, 3.8) is 0 Å². The Morgan fingerprint density at radius 3 is 2.26 bits per heavy atom. The molecule has 1 saturated heterocycles. The zero-order valence-electron chi connectivity index (χ0n) is 19.8. The molecule has 2 aliphatic rings. The number of rotatable bonds is 7. The van der Waals surface area contributed by atoms with Gasteiger partial charge in [0.1, 0.15) is 18.2 Å². The van der Waals surface area contributed by atoms with Gasteiger partial charge >= 0.3 is 12.1 Å². The summed E-state index contributed by atoms with van der Waals surface area (Å²) in [6.45, 7) is 2.27. The van der Waals surface area contributed by atoms with Gasteiger partial charge in [-0.05, 0) is 56.1 Å². The van der Waals surface area contributed by atoms with Gasteiger partial charge in [0.05, 0.1) is 0 Å². The molecule has 180 valence electrons. The van der Waals surface area contributed by atoms with E-state index in [2.05, 4.69) is 17.4 Å². The van der Waals surface area contributed by atoms with Crippen LogP contribution in [0.4, 0.5) is 4.79 Å². The molecule has 0 saturated carbocycles. The third-order valence-electron chi connectivity index (χ3n) is 6.85. The summed E-state index contributed by atoms with van der Waals surface area (Å²) in [6.07, 6.45) is 0.292. The third kappa shape index (κ3) is 4.37. The molecule has 0 spiro atoms. The van der Waals surface area contributed by atoms with Crippen LogP contribution in [0.15, 0.2) is 48.5 Å². The van der Waals surface area contributed by atoms with E-state index in [1.165, 1.54) is 4.90 Å². The Morgan fingerprint density at radius 1 is 1.12 bits per heavy atom. The van der Waals surface area contributed by atoms with Crippen molar-refractivity contribution in [3.05, 3.63) is 59.7 Å². The number of amides is 2. The van der Waals surface area contributed by atoms with Crippen LogP contribution >= 0.6 is 0 Å². The number of carbonyl (C=O) groups is 3. The number of aliphatic carboxylic acids is 1. The lowest BCUT2D eigenvalue weighted by Crippen LogP contribution is -2.59. The second kappa shape index (κ2) is 9.46. The van der Waals surface area contributed by atoms with Gasteiger partial charge in [-0.15, -0.1) is 0 Å². The van der Waals surface area contributed by atoms with Crippen molar-refractivity contribution in [2.75, 3.05) is 33.8 Å². The number of carboxylic acid groups (broad SMARTS) is 1. The number of benzene rings is 2. The van der Waals surface area contributed by atoms with Crippen LogP contribution in [-0.4, -0.2) is 78.2 Å². The first kappa shape index (κ1) is 23.8. The first-order valence-electron chi connectivity index (χ1n) is 11.5. The Labute approximate surface area is 199 Å². The minimum Gasteiger partial charge on any atom is -0.480 e. The number of likely N-dealkylation sites (tertiary alicyclic amines) is 1. The van der Waals surface area contributed by atoms with Crippen molar-refractivity contribution < 1.29 is 24.2 Å². The zero-order valence-corrected chi connectivity index (χ0v) is 19.8. The Bertz CT molecular complexity index is 1060. The lowest BCUT2D eigenvalue weighted by atomic mass is 9.98. The molecule has 0 bridgehead atoms. The van der Waals surface area contributed by atoms with Crippen molar-refractivity contribution in [2.45, 2.75) is 37.3 Å². The number of nitrogens with zero attached hydrogens (tertiary/aromatic N) is 2. The monoisotopic (exact) mass is 465 g/mol. The summed E-state index contributed by atoms with van der Waals surface area (Å²) in [6, 6.07) is 15.2. The quantitative estimate of drug-likeness (QED) is 0.652. The highest BCUT2D eigenvalue weighted by Crippen LogP contribution is 2.44. The molecule has 1 aliphatic carbocycles. The molecule has 8 heteroatoms. The predicted molar refractivity (Wildman–Crippen MR) is 128 cm³/mol. The maximum atomic E-state index is 13.3. The fraction of sp³-hybridized carbons (Fsp3) is 0.423. The first-order valence-corrected chi connectivity index (χ1v) is 11.5. The molecule has 1 aliphatic heterocycles. The van der Waals surface area contributed by atoms with Gasteiger partial charge in [0.15, 0.2) is 0 Å². The molecule has 2 amide bonds. The fourth-order valence-corrected chi connectivity index (χ4v) is 5.06. The largest absolute Gasteiger partial charge is 0.480 e. The standard InChI is InChI=1S/C26H31N3O5/c1-26(24(31)32)13-8-14-29(26)23(30)22(15-28(2)3)27-25(33)34-16-21-19-11-6-4-9-17(19)18-10-5-7-12-20(18)21/h4-7,9-12,21-22H,8,13-16H2,1-3H3,(H,27,33)(H,31,32)/t22-,26-/m0/s1. The highest BCUT2D eigenvalue weighted by atomic mass is 16.5. The van der Waals surface area contributed by atoms with Crippen molar-refractivity contribution >= 4 is 18.0 Å². The molecular weight excluding hydrogens is 434 g/mol. The maximum absolute atomic E-state index is 13.3. The molecular formula is C26H31N3O5. The van der Waals surface area contributed by atoms with E-state index in [0.29, 0.717) is 19.4 Å². The average Bonchev–Trinajstić information content (AvgIpc) is 3.35. The average molecular weight is 466 g/mol. The predicted octanol–water partition coefficient (Wildman–Crippen LogP) is 2.92. The number of hydrogen-bond donors (Lipinski definition) is 2. The summed E-state index contributed by atoms with van der Waals surface area (Å²) in [5, 5.41) is 12.4. The van der Waals surface area contributed by atoms with Gasteiger partial charge in [-0.25, -0.2) is 9.59 Å². The lowest BCUT2D eigenvalue weighted by Gasteiger charge is -2.34. The molecule has 0 aromatic heterocycles. The molecule has 2 aromatic carbocycles. The minimum absolute atomic E-state index is 0.0879. The summed E-state index contributed by atoms with van der Waals surface area (Å²) < 4.78 is 5.61. The van der Waals surface area contributed by atoms with Crippen molar-refractivity contribution in [1.82, 2.24) is 15.1 Å². The Hall–Kier alpha value is -3.39. The number of hydrogen-bond acceptors (Lipinski definition) is 5. The SMILES string of the molecule is CN(C)C[C@H](NC(=O)OCC1c2ccccc2-c2ccccc21)C(=O)N1CCC[C@@]1(C)C(=O)O. The molecule has 0 unspecified atom stereocenters. The van der Waals surface area contributed by atoms with Crippen LogP contribution < -0.4 is 5.32 Å².